The molecule has 2 aliphatic rings. The van der Waals surface area contributed by atoms with Crippen LogP contribution in [0.3, 0.4) is 0 Å². The standard InChI is InChI=1S/C22H23F3N2O/c23-22(24,25)18-8-4-5-16(13-18)15-26-9-11-27(12-10-26)21(28)20-14-19(20)17-6-2-1-3-7-17/h1-8,13,19-20H,9-12,14-15H2. The largest absolute Gasteiger partial charge is 0.416 e. The molecular formula is C22H23F3N2O. The van der Waals surface area contributed by atoms with Crippen molar-refractivity contribution in [1.82, 2.24) is 9.80 Å². The molecule has 28 heavy (non-hydrogen) atoms. The summed E-state index contributed by atoms with van der Waals surface area (Å²) < 4.78 is 38.6. The predicted octanol–water partition coefficient (Wildman–Crippen LogP) is 4.15. The van der Waals surface area contributed by atoms with E-state index in [1.165, 1.54) is 17.7 Å². The molecule has 6 heteroatoms. The maximum absolute atomic E-state index is 12.9. The van der Waals surface area contributed by atoms with Gasteiger partial charge in [-0.1, -0.05) is 48.5 Å². The van der Waals surface area contributed by atoms with Crippen LogP contribution in [0.2, 0.25) is 0 Å². The van der Waals surface area contributed by atoms with Gasteiger partial charge < -0.3 is 4.90 Å². The van der Waals surface area contributed by atoms with E-state index in [1.807, 2.05) is 23.1 Å². The minimum Gasteiger partial charge on any atom is -0.340 e. The lowest BCUT2D eigenvalue weighted by Gasteiger charge is -2.35. The van der Waals surface area contributed by atoms with Crippen molar-refractivity contribution in [2.24, 2.45) is 5.92 Å². The summed E-state index contributed by atoms with van der Waals surface area (Å²) >= 11 is 0. The summed E-state index contributed by atoms with van der Waals surface area (Å²) in [5, 5.41) is 0. The SMILES string of the molecule is O=C(C1CC1c1ccccc1)N1CCN(Cc2cccc(C(F)(F)F)c2)CC1. The van der Waals surface area contributed by atoms with Crippen LogP contribution in [0.1, 0.15) is 29.0 Å². The number of alkyl halides is 3. The van der Waals surface area contributed by atoms with Gasteiger partial charge in [0.05, 0.1) is 5.56 Å². The van der Waals surface area contributed by atoms with Crippen molar-refractivity contribution in [1.29, 1.82) is 0 Å². The summed E-state index contributed by atoms with van der Waals surface area (Å²) in [7, 11) is 0. The fraction of sp³-hybridized carbons (Fsp3) is 0.409. The second-order valence-corrected chi connectivity index (χ2v) is 7.66. The van der Waals surface area contributed by atoms with Gasteiger partial charge >= 0.3 is 6.18 Å². The van der Waals surface area contributed by atoms with Crippen molar-refractivity contribution in [3.8, 4) is 0 Å². The van der Waals surface area contributed by atoms with Crippen molar-refractivity contribution in [3.05, 3.63) is 71.3 Å². The second-order valence-electron chi connectivity index (χ2n) is 7.66. The van der Waals surface area contributed by atoms with Crippen LogP contribution >= 0.6 is 0 Å². The molecule has 1 saturated carbocycles. The molecule has 1 aliphatic heterocycles. The molecular weight excluding hydrogens is 365 g/mol. The highest BCUT2D eigenvalue weighted by molar-refractivity contribution is 5.83. The molecule has 2 aromatic rings. The third-order valence-corrected chi connectivity index (χ3v) is 5.68. The summed E-state index contributed by atoms with van der Waals surface area (Å²) in [6.45, 7) is 3.11. The first kappa shape index (κ1) is 19.0. The molecule has 1 saturated heterocycles. The average molecular weight is 388 g/mol. The van der Waals surface area contributed by atoms with Crippen LogP contribution in [-0.4, -0.2) is 41.9 Å². The monoisotopic (exact) mass is 388 g/mol. The van der Waals surface area contributed by atoms with Crippen LogP contribution < -0.4 is 0 Å². The summed E-state index contributed by atoms with van der Waals surface area (Å²) in [4.78, 5) is 16.8. The first-order chi connectivity index (χ1) is 13.4. The van der Waals surface area contributed by atoms with Crippen LogP contribution in [-0.2, 0) is 17.5 Å². The number of nitrogens with zero attached hydrogens (tertiary/aromatic N) is 2. The van der Waals surface area contributed by atoms with Gasteiger partial charge in [-0.05, 0) is 29.5 Å². The number of hydrogen-bond donors (Lipinski definition) is 0. The highest BCUT2D eigenvalue weighted by atomic mass is 19.4. The summed E-state index contributed by atoms with van der Waals surface area (Å²) in [5.74, 6) is 0.627. The number of piperazine rings is 1. The maximum atomic E-state index is 12.9. The van der Waals surface area contributed by atoms with E-state index in [1.54, 1.807) is 6.07 Å². The van der Waals surface area contributed by atoms with E-state index in [-0.39, 0.29) is 11.8 Å². The molecule has 0 spiro atoms. The minimum atomic E-state index is -4.32. The zero-order valence-corrected chi connectivity index (χ0v) is 15.5. The van der Waals surface area contributed by atoms with Crippen molar-refractivity contribution in [3.63, 3.8) is 0 Å². The number of benzene rings is 2. The number of halogens is 3. The summed E-state index contributed by atoms with van der Waals surface area (Å²) in [6.07, 6.45) is -3.41. The van der Waals surface area contributed by atoms with Crippen LogP contribution in [0.4, 0.5) is 13.2 Å². The molecule has 0 aromatic heterocycles. The topological polar surface area (TPSA) is 23.6 Å². The van der Waals surface area contributed by atoms with E-state index in [0.717, 1.165) is 12.5 Å². The van der Waals surface area contributed by atoms with Gasteiger partial charge in [0.1, 0.15) is 0 Å². The van der Waals surface area contributed by atoms with Gasteiger partial charge in [0.2, 0.25) is 5.91 Å². The summed E-state index contributed by atoms with van der Waals surface area (Å²) in [5.41, 5.74) is 1.27. The normalized spacial score (nSPS) is 22.9. The molecule has 0 radical (unpaired) electrons. The molecule has 1 heterocycles. The molecule has 2 aromatic carbocycles. The Morgan fingerprint density at radius 3 is 2.36 bits per heavy atom. The Hall–Kier alpha value is -2.34. The molecule has 0 N–H and O–H groups in total. The van der Waals surface area contributed by atoms with E-state index >= 15 is 0 Å². The van der Waals surface area contributed by atoms with Gasteiger partial charge in [-0.3, -0.25) is 9.69 Å². The van der Waals surface area contributed by atoms with Gasteiger partial charge in [0, 0.05) is 38.6 Å². The molecule has 1 aliphatic carbocycles. The number of amides is 1. The lowest BCUT2D eigenvalue weighted by Crippen LogP contribution is -2.48. The van der Waals surface area contributed by atoms with E-state index in [4.69, 9.17) is 0 Å². The summed E-state index contributed by atoms with van der Waals surface area (Å²) in [6, 6.07) is 15.6. The Labute approximate surface area is 162 Å². The van der Waals surface area contributed by atoms with Gasteiger partial charge in [-0.15, -0.1) is 0 Å². The molecule has 2 atom stereocenters. The van der Waals surface area contributed by atoms with Gasteiger partial charge in [0.15, 0.2) is 0 Å². The molecule has 3 nitrogen and oxygen atoms in total. The Morgan fingerprint density at radius 1 is 0.964 bits per heavy atom. The van der Waals surface area contributed by atoms with Crippen LogP contribution in [0, 0.1) is 5.92 Å². The smallest absolute Gasteiger partial charge is 0.340 e. The lowest BCUT2D eigenvalue weighted by molar-refractivity contribution is -0.138. The Kier molecular flexibility index (Phi) is 5.15. The fourth-order valence-electron chi connectivity index (χ4n) is 4.00. The third-order valence-electron chi connectivity index (χ3n) is 5.68. The molecule has 1 amide bonds. The zero-order chi connectivity index (χ0) is 19.7. The molecule has 4 rings (SSSR count). The third kappa shape index (κ3) is 4.22. The zero-order valence-electron chi connectivity index (χ0n) is 15.5. The van der Waals surface area contributed by atoms with Crippen LogP contribution in [0.5, 0.6) is 0 Å². The first-order valence-corrected chi connectivity index (χ1v) is 9.64. The fourth-order valence-corrected chi connectivity index (χ4v) is 4.00. The van der Waals surface area contributed by atoms with Gasteiger partial charge in [-0.25, -0.2) is 0 Å². The number of carbonyl (C=O) groups is 1. The Bertz CT molecular complexity index is 829. The van der Waals surface area contributed by atoms with Crippen molar-refractivity contribution in [2.75, 3.05) is 26.2 Å². The predicted molar refractivity (Wildman–Crippen MR) is 101 cm³/mol. The Morgan fingerprint density at radius 2 is 1.68 bits per heavy atom. The first-order valence-electron chi connectivity index (χ1n) is 9.64. The van der Waals surface area contributed by atoms with E-state index in [9.17, 15) is 18.0 Å². The number of hydrogen-bond acceptors (Lipinski definition) is 2. The molecule has 2 fully saturated rings. The maximum Gasteiger partial charge on any atom is 0.416 e. The second kappa shape index (κ2) is 7.59. The van der Waals surface area contributed by atoms with Crippen LogP contribution in [0.15, 0.2) is 54.6 Å². The van der Waals surface area contributed by atoms with Crippen molar-refractivity contribution >= 4 is 5.91 Å². The van der Waals surface area contributed by atoms with E-state index in [0.29, 0.717) is 44.2 Å². The average Bonchev–Trinajstić information content (AvgIpc) is 3.49. The number of carbonyl (C=O) groups excluding carboxylic acids is 1. The molecule has 148 valence electrons. The van der Waals surface area contributed by atoms with E-state index in [2.05, 4.69) is 17.0 Å². The molecule has 2 unspecified atom stereocenters. The number of rotatable bonds is 4. The van der Waals surface area contributed by atoms with Gasteiger partial charge in [0.25, 0.3) is 0 Å². The lowest BCUT2D eigenvalue weighted by atomic mass is 10.1. The Balaban J connectivity index is 1.29. The van der Waals surface area contributed by atoms with Gasteiger partial charge in [-0.2, -0.15) is 13.2 Å². The highest BCUT2D eigenvalue weighted by Gasteiger charge is 2.45. The van der Waals surface area contributed by atoms with Crippen LogP contribution in [0.25, 0.3) is 0 Å². The minimum absolute atomic E-state index is 0.0809. The quantitative estimate of drug-likeness (QED) is 0.786. The van der Waals surface area contributed by atoms with E-state index < -0.39 is 11.7 Å². The molecule has 0 bridgehead atoms. The van der Waals surface area contributed by atoms with Crippen molar-refractivity contribution in [2.45, 2.75) is 25.1 Å². The highest BCUT2D eigenvalue weighted by Crippen LogP contribution is 2.48. The van der Waals surface area contributed by atoms with Crippen molar-refractivity contribution < 1.29 is 18.0 Å².